The molecule has 3 aliphatic carbocycles. The van der Waals surface area contributed by atoms with Crippen LogP contribution in [0, 0.1) is 17.8 Å². The quantitative estimate of drug-likeness (QED) is 0.297. The van der Waals surface area contributed by atoms with Gasteiger partial charge in [0.2, 0.25) is 8.32 Å². The van der Waals surface area contributed by atoms with Crippen molar-refractivity contribution in [2.45, 2.75) is 84.0 Å². The first-order valence-corrected chi connectivity index (χ1v) is 15.1. The summed E-state index contributed by atoms with van der Waals surface area (Å²) in [5.41, 5.74) is 6.25. The fraction of sp³-hybridized carbons (Fsp3) is 0.621. The van der Waals surface area contributed by atoms with Crippen molar-refractivity contribution in [2.75, 3.05) is 13.9 Å². The molecular formula is C29H42O4Si. The molecule has 1 aromatic rings. The standard InChI is InChI=1S/C29H42O4Si/c1-17(2)34(18(3)4,19(5)6)33-26-14-20(7)29(30)23-13-12-22-24(28(23)26)15-21-10-9-11-25(27(21)22)32-16-31-8/h9-12,14,17-19,23-24,26,28H,13,15-16H2,1-8H3/t23-,24+,26-,28+/m0/s1. The number of carbonyl (C=O) groups excluding carboxylic acids is 1. The number of carbonyl (C=O) groups is 1. The van der Waals surface area contributed by atoms with Crippen molar-refractivity contribution in [3.05, 3.63) is 47.1 Å². The lowest BCUT2D eigenvalue weighted by Gasteiger charge is -2.49. The van der Waals surface area contributed by atoms with Crippen LogP contribution in [0.4, 0.5) is 0 Å². The first-order valence-electron chi connectivity index (χ1n) is 13.0. The number of ketones is 1. The van der Waals surface area contributed by atoms with E-state index in [1.165, 1.54) is 16.7 Å². The number of Topliss-reactive ketones (excluding diaryl/α,β-unsaturated/α-hetero) is 1. The van der Waals surface area contributed by atoms with Gasteiger partial charge in [0.05, 0.1) is 6.10 Å². The lowest BCUT2D eigenvalue weighted by molar-refractivity contribution is -0.123. The molecule has 0 unspecified atom stereocenters. The Kier molecular flexibility index (Phi) is 7.28. The molecule has 0 radical (unpaired) electrons. The zero-order chi connectivity index (χ0) is 24.8. The van der Waals surface area contributed by atoms with Crippen molar-refractivity contribution in [1.82, 2.24) is 0 Å². The molecule has 1 aromatic carbocycles. The van der Waals surface area contributed by atoms with Crippen molar-refractivity contribution in [1.29, 1.82) is 0 Å². The Bertz CT molecular complexity index is 968. The molecule has 34 heavy (non-hydrogen) atoms. The van der Waals surface area contributed by atoms with Crippen LogP contribution in [0.2, 0.25) is 16.6 Å². The summed E-state index contributed by atoms with van der Waals surface area (Å²) in [5.74, 6) is 1.63. The van der Waals surface area contributed by atoms with Crippen molar-refractivity contribution in [2.24, 2.45) is 17.8 Å². The van der Waals surface area contributed by atoms with Gasteiger partial charge < -0.3 is 13.9 Å². The highest BCUT2D eigenvalue weighted by Gasteiger charge is 2.53. The topological polar surface area (TPSA) is 44.8 Å². The van der Waals surface area contributed by atoms with E-state index in [1.54, 1.807) is 7.11 Å². The average Bonchev–Trinajstić information content (AvgIpc) is 3.17. The van der Waals surface area contributed by atoms with Crippen LogP contribution >= 0.6 is 0 Å². The third-order valence-corrected chi connectivity index (χ3v) is 14.8. The normalized spacial score (nSPS) is 26.4. The van der Waals surface area contributed by atoms with Crippen LogP contribution < -0.4 is 4.74 Å². The van der Waals surface area contributed by atoms with Gasteiger partial charge in [-0.15, -0.1) is 0 Å². The molecule has 0 saturated carbocycles. The van der Waals surface area contributed by atoms with Gasteiger partial charge in [0.1, 0.15) is 5.75 Å². The number of methoxy groups -OCH3 is 1. The minimum Gasteiger partial charge on any atom is -0.467 e. The molecule has 0 saturated heterocycles. The molecule has 0 amide bonds. The van der Waals surface area contributed by atoms with E-state index < -0.39 is 8.32 Å². The first-order chi connectivity index (χ1) is 16.1. The second kappa shape index (κ2) is 9.75. The number of ether oxygens (including phenoxy) is 2. The Morgan fingerprint density at radius 3 is 2.32 bits per heavy atom. The maximum absolute atomic E-state index is 13.4. The van der Waals surface area contributed by atoms with E-state index in [-0.39, 0.29) is 30.7 Å². The van der Waals surface area contributed by atoms with Crippen LogP contribution in [0.3, 0.4) is 0 Å². The molecule has 3 aliphatic rings. The van der Waals surface area contributed by atoms with Crippen molar-refractivity contribution < 1.29 is 18.7 Å². The van der Waals surface area contributed by atoms with Gasteiger partial charge in [0, 0.05) is 24.5 Å². The van der Waals surface area contributed by atoms with E-state index in [2.05, 4.69) is 65.8 Å². The second-order valence-electron chi connectivity index (χ2n) is 11.3. The Morgan fingerprint density at radius 2 is 1.71 bits per heavy atom. The van der Waals surface area contributed by atoms with E-state index in [4.69, 9.17) is 13.9 Å². The number of allylic oxidation sites excluding steroid dienone is 3. The van der Waals surface area contributed by atoms with Crippen LogP contribution in [0.1, 0.15) is 66.0 Å². The van der Waals surface area contributed by atoms with Gasteiger partial charge >= 0.3 is 0 Å². The minimum absolute atomic E-state index is 0.000377. The summed E-state index contributed by atoms with van der Waals surface area (Å²) in [6, 6.07) is 6.31. The molecule has 5 heteroatoms. The maximum Gasteiger partial charge on any atom is 0.201 e. The van der Waals surface area contributed by atoms with Crippen molar-refractivity contribution in [3.63, 3.8) is 0 Å². The average molecular weight is 483 g/mol. The zero-order valence-corrected chi connectivity index (χ0v) is 23.2. The van der Waals surface area contributed by atoms with E-state index >= 15 is 0 Å². The summed E-state index contributed by atoms with van der Waals surface area (Å²) in [6.07, 6.45) is 6.17. The lowest BCUT2D eigenvalue weighted by atomic mass is 9.64. The van der Waals surface area contributed by atoms with Gasteiger partial charge in [-0.3, -0.25) is 4.79 Å². The highest BCUT2D eigenvalue weighted by Crippen LogP contribution is 2.55. The molecule has 186 valence electrons. The molecule has 4 nitrogen and oxygen atoms in total. The third-order valence-electron chi connectivity index (χ3n) is 8.66. The Hall–Kier alpha value is -1.69. The van der Waals surface area contributed by atoms with E-state index in [0.29, 0.717) is 22.4 Å². The molecular weight excluding hydrogens is 440 g/mol. The molecule has 0 spiro atoms. The van der Waals surface area contributed by atoms with Crippen molar-refractivity contribution in [3.8, 4) is 5.75 Å². The summed E-state index contributed by atoms with van der Waals surface area (Å²) >= 11 is 0. The number of benzene rings is 1. The summed E-state index contributed by atoms with van der Waals surface area (Å²) in [5, 5.41) is 0. The molecule has 4 atom stereocenters. The predicted octanol–water partition coefficient (Wildman–Crippen LogP) is 6.95. The van der Waals surface area contributed by atoms with Crippen LogP contribution in [-0.2, 0) is 20.4 Å². The van der Waals surface area contributed by atoms with Gasteiger partial charge in [-0.2, -0.15) is 0 Å². The van der Waals surface area contributed by atoms with Crippen LogP contribution in [-0.4, -0.2) is 34.1 Å². The second-order valence-corrected chi connectivity index (χ2v) is 16.8. The Morgan fingerprint density at radius 1 is 1.03 bits per heavy atom. The Labute approximate surface area is 206 Å². The van der Waals surface area contributed by atoms with E-state index in [9.17, 15) is 4.79 Å². The van der Waals surface area contributed by atoms with Crippen LogP contribution in [0.25, 0.3) is 5.57 Å². The number of fused-ring (bicyclic) bond motifs is 5. The van der Waals surface area contributed by atoms with Gasteiger partial charge in [0.15, 0.2) is 12.6 Å². The van der Waals surface area contributed by atoms with Crippen LogP contribution in [0.15, 0.2) is 35.9 Å². The third kappa shape index (κ3) is 4.04. The largest absolute Gasteiger partial charge is 0.467 e. The molecule has 0 fully saturated rings. The summed E-state index contributed by atoms with van der Waals surface area (Å²) < 4.78 is 18.5. The van der Waals surface area contributed by atoms with Gasteiger partial charge in [-0.05, 0) is 65.1 Å². The number of rotatable bonds is 8. The number of hydrogen-bond acceptors (Lipinski definition) is 4. The maximum atomic E-state index is 13.4. The van der Waals surface area contributed by atoms with Gasteiger partial charge in [-0.25, -0.2) is 0 Å². The summed E-state index contributed by atoms with van der Waals surface area (Å²) in [6.45, 7) is 16.2. The zero-order valence-electron chi connectivity index (χ0n) is 22.2. The fourth-order valence-electron chi connectivity index (χ4n) is 7.37. The molecule has 0 aromatic heterocycles. The highest BCUT2D eigenvalue weighted by molar-refractivity contribution is 6.77. The molecule has 0 bridgehead atoms. The predicted molar refractivity (Wildman–Crippen MR) is 140 cm³/mol. The highest BCUT2D eigenvalue weighted by atomic mass is 28.4. The fourth-order valence-corrected chi connectivity index (χ4v) is 12.9. The molecule has 0 heterocycles. The lowest BCUT2D eigenvalue weighted by Crippen LogP contribution is -2.54. The van der Waals surface area contributed by atoms with Gasteiger partial charge in [0.25, 0.3) is 0 Å². The van der Waals surface area contributed by atoms with Crippen LogP contribution in [0.5, 0.6) is 5.75 Å². The van der Waals surface area contributed by atoms with Crippen molar-refractivity contribution >= 4 is 19.7 Å². The smallest absolute Gasteiger partial charge is 0.201 e. The Balaban J connectivity index is 1.76. The molecule has 4 rings (SSSR count). The molecule has 0 N–H and O–H groups in total. The monoisotopic (exact) mass is 482 g/mol. The summed E-state index contributed by atoms with van der Waals surface area (Å²) in [7, 11) is -0.464. The molecule has 0 aliphatic heterocycles. The number of hydrogen-bond donors (Lipinski definition) is 0. The van der Waals surface area contributed by atoms with Gasteiger partial charge in [-0.1, -0.05) is 65.8 Å². The van der Waals surface area contributed by atoms with E-state index in [1.807, 2.05) is 13.0 Å². The van der Waals surface area contributed by atoms with E-state index in [0.717, 1.165) is 24.2 Å². The first kappa shape index (κ1) is 25.4. The SMILES string of the molecule is COCOc1cccc2c1C1=CC[C@@H]3C(=O)C(C)=C[C@H](O[Si](C(C)C)(C(C)C)C(C)C)[C@H]3[C@@H]1C2. The minimum atomic E-state index is -2.11. The summed E-state index contributed by atoms with van der Waals surface area (Å²) in [4.78, 5) is 13.4.